The van der Waals surface area contributed by atoms with Crippen molar-refractivity contribution in [3.8, 4) is 5.75 Å². The van der Waals surface area contributed by atoms with Gasteiger partial charge in [-0.05, 0) is 55.2 Å². The highest BCUT2D eigenvalue weighted by Crippen LogP contribution is 2.41. The molecule has 174 valence electrons. The van der Waals surface area contributed by atoms with Gasteiger partial charge >= 0.3 is 5.97 Å². The lowest BCUT2D eigenvalue weighted by Gasteiger charge is -2.22. The number of nitrogens with zero attached hydrogens (tertiary/aromatic N) is 2. The summed E-state index contributed by atoms with van der Waals surface area (Å²) < 4.78 is 5.58. The van der Waals surface area contributed by atoms with E-state index >= 15 is 0 Å². The Kier molecular flexibility index (Phi) is 5.55. The largest absolute Gasteiger partial charge is 0.426 e. The van der Waals surface area contributed by atoms with Crippen LogP contribution in [0.25, 0.3) is 0 Å². The van der Waals surface area contributed by atoms with Crippen molar-refractivity contribution < 1.29 is 23.9 Å². The molecule has 3 amide bonds. The maximum atomic E-state index is 13.1. The second kappa shape index (κ2) is 8.56. The van der Waals surface area contributed by atoms with Crippen molar-refractivity contribution in [1.82, 2.24) is 0 Å². The number of rotatable bonds is 4. The molecular formula is C27H26N2O5. The van der Waals surface area contributed by atoms with Crippen LogP contribution in [0, 0.1) is 30.6 Å². The summed E-state index contributed by atoms with van der Waals surface area (Å²) in [5.74, 6) is -1.82. The van der Waals surface area contributed by atoms with Crippen LogP contribution in [0.1, 0.15) is 25.3 Å². The van der Waals surface area contributed by atoms with Gasteiger partial charge < -0.3 is 9.64 Å². The number of hydrogen-bond acceptors (Lipinski definition) is 5. The van der Waals surface area contributed by atoms with E-state index in [4.69, 9.17) is 4.74 Å². The fourth-order valence-corrected chi connectivity index (χ4v) is 5.25. The van der Waals surface area contributed by atoms with E-state index in [-0.39, 0.29) is 48.4 Å². The Labute approximate surface area is 198 Å². The average Bonchev–Trinajstić information content (AvgIpc) is 3.33. The standard InChI is InChI=1S/C27H26N2O5/c1-16-7-6-10-21-24(16)26(32)29(25(21)31)22-12-11-20(13-17(22)2)34-27(33)18-14-23(30)28(15-18)19-8-4-3-5-9-19/h3-9,11-13,16,18,21,24H,10,14-15H2,1-2H3/t16-,18-,21-,24-/m1/s1. The van der Waals surface area contributed by atoms with Crippen LogP contribution in [0.3, 0.4) is 0 Å². The minimum atomic E-state index is -0.563. The van der Waals surface area contributed by atoms with Gasteiger partial charge in [0.2, 0.25) is 17.7 Å². The van der Waals surface area contributed by atoms with Gasteiger partial charge in [0, 0.05) is 18.7 Å². The Morgan fingerprint density at radius 1 is 1.03 bits per heavy atom. The van der Waals surface area contributed by atoms with Crippen LogP contribution in [-0.4, -0.2) is 30.2 Å². The minimum absolute atomic E-state index is 0.0188. The van der Waals surface area contributed by atoms with Crippen LogP contribution in [0.5, 0.6) is 5.75 Å². The lowest BCUT2D eigenvalue weighted by molar-refractivity contribution is -0.139. The molecule has 0 N–H and O–H groups in total. The van der Waals surface area contributed by atoms with Gasteiger partial charge in [-0.2, -0.15) is 0 Å². The van der Waals surface area contributed by atoms with Gasteiger partial charge in [-0.3, -0.25) is 19.2 Å². The number of esters is 1. The van der Waals surface area contributed by atoms with E-state index in [9.17, 15) is 19.2 Å². The fraction of sp³-hybridized carbons (Fsp3) is 0.333. The molecular weight excluding hydrogens is 432 g/mol. The SMILES string of the molecule is Cc1cc(OC(=O)[C@@H]2CC(=O)N(c3ccccc3)C2)ccc1N1C(=O)[C@@H]2[C@H](C)C=CC[C@H]2C1=O. The summed E-state index contributed by atoms with van der Waals surface area (Å²) in [6, 6.07) is 14.1. The number of amides is 3. The number of fused-ring (bicyclic) bond motifs is 1. The highest BCUT2D eigenvalue weighted by atomic mass is 16.5. The topological polar surface area (TPSA) is 84.0 Å². The Morgan fingerprint density at radius 3 is 2.50 bits per heavy atom. The Hall–Kier alpha value is -3.74. The van der Waals surface area contributed by atoms with Gasteiger partial charge in [0.25, 0.3) is 0 Å². The summed E-state index contributed by atoms with van der Waals surface area (Å²) in [7, 11) is 0. The summed E-state index contributed by atoms with van der Waals surface area (Å²) in [6.07, 6.45) is 4.64. The van der Waals surface area contributed by atoms with Crippen molar-refractivity contribution in [2.45, 2.75) is 26.7 Å². The van der Waals surface area contributed by atoms with Gasteiger partial charge in [0.05, 0.1) is 23.4 Å². The van der Waals surface area contributed by atoms with E-state index in [0.717, 1.165) is 5.69 Å². The monoisotopic (exact) mass is 458 g/mol. The number of ether oxygens (including phenoxy) is 1. The maximum absolute atomic E-state index is 13.1. The number of carbonyl (C=O) groups is 4. The number of imide groups is 1. The quantitative estimate of drug-likeness (QED) is 0.302. The fourth-order valence-electron chi connectivity index (χ4n) is 5.25. The Balaban J connectivity index is 1.29. The van der Waals surface area contributed by atoms with E-state index < -0.39 is 11.9 Å². The average molecular weight is 459 g/mol. The summed E-state index contributed by atoms with van der Waals surface area (Å²) in [5, 5.41) is 0. The number of carbonyl (C=O) groups excluding carboxylic acids is 4. The third kappa shape index (κ3) is 3.71. The number of anilines is 2. The zero-order valence-electron chi connectivity index (χ0n) is 19.1. The summed E-state index contributed by atoms with van der Waals surface area (Å²) in [5.41, 5.74) is 1.94. The van der Waals surface area contributed by atoms with Crippen LogP contribution < -0.4 is 14.5 Å². The Bertz CT molecular complexity index is 1200. The van der Waals surface area contributed by atoms with Gasteiger partial charge in [0.1, 0.15) is 5.75 Å². The number of para-hydroxylation sites is 1. The first-order valence-electron chi connectivity index (χ1n) is 11.6. The molecule has 3 aliphatic rings. The predicted octanol–water partition coefficient (Wildman–Crippen LogP) is 3.66. The summed E-state index contributed by atoms with van der Waals surface area (Å²) in [6.45, 7) is 4.02. The molecule has 2 fully saturated rings. The second-order valence-electron chi connectivity index (χ2n) is 9.28. The number of benzene rings is 2. The van der Waals surface area contributed by atoms with Gasteiger partial charge in [-0.1, -0.05) is 37.3 Å². The molecule has 7 nitrogen and oxygen atoms in total. The number of hydrogen-bond donors (Lipinski definition) is 0. The Morgan fingerprint density at radius 2 is 1.79 bits per heavy atom. The molecule has 0 saturated carbocycles. The van der Waals surface area contributed by atoms with E-state index in [1.165, 1.54) is 4.90 Å². The molecule has 2 aromatic rings. The van der Waals surface area contributed by atoms with Crippen molar-refractivity contribution in [3.05, 3.63) is 66.2 Å². The maximum Gasteiger partial charge on any atom is 0.316 e. The molecule has 5 rings (SSSR count). The molecule has 0 unspecified atom stereocenters. The van der Waals surface area contributed by atoms with Crippen LogP contribution in [0.15, 0.2) is 60.7 Å². The highest BCUT2D eigenvalue weighted by molar-refractivity contribution is 6.22. The van der Waals surface area contributed by atoms with Crippen molar-refractivity contribution in [2.75, 3.05) is 16.3 Å². The molecule has 1 aliphatic carbocycles. The van der Waals surface area contributed by atoms with Crippen LogP contribution in [0.2, 0.25) is 0 Å². The third-order valence-electron chi connectivity index (χ3n) is 7.03. The van der Waals surface area contributed by atoms with E-state index in [1.54, 1.807) is 30.0 Å². The molecule has 0 spiro atoms. The first-order valence-corrected chi connectivity index (χ1v) is 11.6. The van der Waals surface area contributed by atoms with E-state index in [2.05, 4.69) is 0 Å². The van der Waals surface area contributed by atoms with Gasteiger partial charge in [0.15, 0.2) is 0 Å². The molecule has 4 atom stereocenters. The molecule has 0 aromatic heterocycles. The number of allylic oxidation sites excluding steroid dienone is 2. The van der Waals surface area contributed by atoms with Crippen molar-refractivity contribution in [1.29, 1.82) is 0 Å². The minimum Gasteiger partial charge on any atom is -0.426 e. The van der Waals surface area contributed by atoms with E-state index in [1.807, 2.05) is 49.4 Å². The second-order valence-corrected chi connectivity index (χ2v) is 9.28. The van der Waals surface area contributed by atoms with Crippen LogP contribution in [-0.2, 0) is 19.2 Å². The van der Waals surface area contributed by atoms with Crippen molar-refractivity contribution in [3.63, 3.8) is 0 Å². The third-order valence-corrected chi connectivity index (χ3v) is 7.03. The summed E-state index contributed by atoms with van der Waals surface area (Å²) in [4.78, 5) is 54.2. The molecule has 2 heterocycles. The van der Waals surface area contributed by atoms with Gasteiger partial charge in [-0.25, -0.2) is 4.90 Å². The van der Waals surface area contributed by atoms with Crippen LogP contribution in [0.4, 0.5) is 11.4 Å². The lowest BCUT2D eigenvalue weighted by Crippen LogP contribution is -2.32. The lowest BCUT2D eigenvalue weighted by atomic mass is 9.78. The van der Waals surface area contributed by atoms with Crippen molar-refractivity contribution in [2.24, 2.45) is 23.7 Å². The van der Waals surface area contributed by atoms with Gasteiger partial charge in [-0.15, -0.1) is 0 Å². The predicted molar refractivity (Wildman–Crippen MR) is 126 cm³/mol. The molecule has 7 heteroatoms. The first kappa shape index (κ1) is 22.1. The molecule has 0 bridgehead atoms. The molecule has 2 aliphatic heterocycles. The number of aryl methyl sites for hydroxylation is 1. The summed E-state index contributed by atoms with van der Waals surface area (Å²) >= 11 is 0. The molecule has 34 heavy (non-hydrogen) atoms. The van der Waals surface area contributed by atoms with E-state index in [0.29, 0.717) is 23.4 Å². The smallest absolute Gasteiger partial charge is 0.316 e. The zero-order valence-corrected chi connectivity index (χ0v) is 19.1. The van der Waals surface area contributed by atoms with Crippen LogP contribution >= 0.6 is 0 Å². The normalized spacial score (nSPS) is 26.2. The molecule has 2 aromatic carbocycles. The first-order chi connectivity index (χ1) is 16.3. The molecule has 2 saturated heterocycles. The molecule has 0 radical (unpaired) electrons. The highest BCUT2D eigenvalue weighted by Gasteiger charge is 2.50. The van der Waals surface area contributed by atoms with Crippen molar-refractivity contribution >= 4 is 35.1 Å². The zero-order chi connectivity index (χ0) is 24.0.